The molecule has 0 saturated carbocycles. The van der Waals surface area contributed by atoms with Crippen LogP contribution in [0.3, 0.4) is 0 Å². The van der Waals surface area contributed by atoms with Gasteiger partial charge in [0, 0.05) is 17.8 Å². The Hall–Kier alpha value is -1.95. The lowest BCUT2D eigenvalue weighted by Gasteiger charge is -2.13. The lowest BCUT2D eigenvalue weighted by Crippen LogP contribution is -2.26. The molecule has 1 N–H and O–H groups in total. The van der Waals surface area contributed by atoms with E-state index in [1.165, 1.54) is 21.3 Å². The van der Waals surface area contributed by atoms with E-state index < -0.39 is 5.97 Å². The number of hydrogen-bond donors (Lipinski definition) is 1. The standard InChI is InChI=1S/C13H14N2O3S/c1-4-5-15-10(7(2)3)14-11-9(12(15)16)8(6-19-11)13(17)18/h4,6-7H,1,5H2,2-3H3,(H,17,18). The Morgan fingerprint density at radius 1 is 1.63 bits per heavy atom. The van der Waals surface area contributed by atoms with Crippen molar-refractivity contribution in [1.82, 2.24) is 9.55 Å². The molecule has 0 aliphatic heterocycles. The molecule has 100 valence electrons. The summed E-state index contributed by atoms with van der Waals surface area (Å²) in [6, 6.07) is 0. The second-order valence-corrected chi connectivity index (χ2v) is 5.32. The number of hydrogen-bond acceptors (Lipinski definition) is 4. The van der Waals surface area contributed by atoms with Crippen LogP contribution in [0.25, 0.3) is 10.2 Å². The molecule has 2 aromatic heterocycles. The maximum absolute atomic E-state index is 12.4. The van der Waals surface area contributed by atoms with Gasteiger partial charge in [-0.05, 0) is 0 Å². The maximum atomic E-state index is 12.4. The van der Waals surface area contributed by atoms with Crippen molar-refractivity contribution in [1.29, 1.82) is 0 Å². The van der Waals surface area contributed by atoms with Gasteiger partial charge in [0.25, 0.3) is 5.56 Å². The zero-order valence-electron chi connectivity index (χ0n) is 10.7. The number of aromatic nitrogens is 2. The monoisotopic (exact) mass is 278 g/mol. The Morgan fingerprint density at radius 2 is 2.32 bits per heavy atom. The summed E-state index contributed by atoms with van der Waals surface area (Å²) in [6.45, 7) is 7.83. The third-order valence-corrected chi connectivity index (χ3v) is 3.65. The van der Waals surface area contributed by atoms with Gasteiger partial charge in [-0.25, -0.2) is 9.78 Å². The molecule has 0 bridgehead atoms. The number of allylic oxidation sites excluding steroid dienone is 1. The molecule has 6 heteroatoms. The van der Waals surface area contributed by atoms with Gasteiger partial charge in [-0.1, -0.05) is 19.9 Å². The molecule has 2 rings (SSSR count). The van der Waals surface area contributed by atoms with Gasteiger partial charge < -0.3 is 5.11 Å². The fourth-order valence-electron chi connectivity index (χ4n) is 1.94. The van der Waals surface area contributed by atoms with Crippen molar-refractivity contribution in [2.45, 2.75) is 26.3 Å². The second-order valence-electron chi connectivity index (χ2n) is 4.46. The summed E-state index contributed by atoms with van der Waals surface area (Å²) in [6.07, 6.45) is 1.60. The smallest absolute Gasteiger partial charge is 0.337 e. The summed E-state index contributed by atoms with van der Waals surface area (Å²) in [5, 5.41) is 10.8. The molecule has 19 heavy (non-hydrogen) atoms. The number of aromatic carboxylic acids is 1. The van der Waals surface area contributed by atoms with Crippen LogP contribution in [0.4, 0.5) is 0 Å². The summed E-state index contributed by atoms with van der Waals surface area (Å²) < 4.78 is 1.49. The number of rotatable bonds is 4. The molecular formula is C13H14N2O3S. The molecular weight excluding hydrogens is 264 g/mol. The molecule has 2 aromatic rings. The highest BCUT2D eigenvalue weighted by atomic mass is 32.1. The van der Waals surface area contributed by atoms with Crippen LogP contribution in [-0.2, 0) is 6.54 Å². The molecule has 0 spiro atoms. The normalized spacial score (nSPS) is 11.1. The Morgan fingerprint density at radius 3 is 2.84 bits per heavy atom. The molecule has 0 aliphatic carbocycles. The quantitative estimate of drug-likeness (QED) is 0.872. The van der Waals surface area contributed by atoms with E-state index in [4.69, 9.17) is 5.11 Å². The van der Waals surface area contributed by atoms with E-state index in [1.54, 1.807) is 6.08 Å². The first-order valence-electron chi connectivity index (χ1n) is 5.83. The third kappa shape index (κ3) is 2.19. The molecule has 5 nitrogen and oxygen atoms in total. The van der Waals surface area contributed by atoms with E-state index in [2.05, 4.69) is 11.6 Å². The minimum Gasteiger partial charge on any atom is -0.478 e. The number of carbonyl (C=O) groups is 1. The molecule has 0 unspecified atom stereocenters. The zero-order valence-corrected chi connectivity index (χ0v) is 11.5. The number of carboxylic acids is 1. The van der Waals surface area contributed by atoms with E-state index in [0.29, 0.717) is 17.2 Å². The summed E-state index contributed by atoms with van der Waals surface area (Å²) in [5.74, 6) is -0.379. The van der Waals surface area contributed by atoms with E-state index in [9.17, 15) is 9.59 Å². The van der Waals surface area contributed by atoms with Crippen molar-refractivity contribution < 1.29 is 9.90 Å². The fourth-order valence-corrected chi connectivity index (χ4v) is 2.85. The molecule has 0 radical (unpaired) electrons. The molecule has 2 heterocycles. The van der Waals surface area contributed by atoms with Crippen LogP contribution >= 0.6 is 11.3 Å². The fraction of sp³-hybridized carbons (Fsp3) is 0.308. The van der Waals surface area contributed by atoms with Crippen LogP contribution < -0.4 is 5.56 Å². The zero-order chi connectivity index (χ0) is 14.2. The van der Waals surface area contributed by atoms with Crippen LogP contribution in [0.2, 0.25) is 0 Å². The van der Waals surface area contributed by atoms with Crippen LogP contribution in [0.5, 0.6) is 0 Å². The minimum atomic E-state index is -1.10. The average Bonchev–Trinajstić information content (AvgIpc) is 2.76. The van der Waals surface area contributed by atoms with Crippen molar-refractivity contribution >= 4 is 27.5 Å². The molecule has 0 atom stereocenters. The Kier molecular flexibility index (Phi) is 3.53. The second kappa shape index (κ2) is 4.97. The first kappa shape index (κ1) is 13.5. The highest BCUT2D eigenvalue weighted by molar-refractivity contribution is 7.17. The molecule has 0 fully saturated rings. The first-order chi connectivity index (χ1) is 8.97. The molecule has 0 aliphatic rings. The SMILES string of the molecule is C=CCn1c(C(C)C)nc2scc(C(=O)O)c2c1=O. The van der Waals surface area contributed by atoms with E-state index >= 15 is 0 Å². The lowest BCUT2D eigenvalue weighted by atomic mass is 10.2. The highest BCUT2D eigenvalue weighted by Crippen LogP contribution is 2.23. The van der Waals surface area contributed by atoms with Gasteiger partial charge in [0.1, 0.15) is 10.7 Å². The number of thiophene rings is 1. The Balaban J connectivity index is 2.88. The van der Waals surface area contributed by atoms with Crippen molar-refractivity contribution in [3.05, 3.63) is 39.8 Å². The summed E-state index contributed by atoms with van der Waals surface area (Å²) in [5.41, 5.74) is -0.294. The van der Waals surface area contributed by atoms with Crippen molar-refractivity contribution in [3.8, 4) is 0 Å². The number of fused-ring (bicyclic) bond motifs is 1. The molecule has 0 saturated heterocycles. The average molecular weight is 278 g/mol. The van der Waals surface area contributed by atoms with E-state index in [1.807, 2.05) is 13.8 Å². The number of carboxylic acid groups (broad SMARTS) is 1. The van der Waals surface area contributed by atoms with Crippen LogP contribution in [0, 0.1) is 0 Å². The lowest BCUT2D eigenvalue weighted by molar-refractivity contribution is 0.0699. The van der Waals surface area contributed by atoms with Crippen molar-refractivity contribution in [2.75, 3.05) is 0 Å². The van der Waals surface area contributed by atoms with E-state index in [0.717, 1.165) is 0 Å². The predicted molar refractivity (Wildman–Crippen MR) is 75.1 cm³/mol. The van der Waals surface area contributed by atoms with Gasteiger partial charge >= 0.3 is 5.97 Å². The number of nitrogens with zero attached hydrogens (tertiary/aromatic N) is 2. The Bertz CT molecular complexity index is 712. The topological polar surface area (TPSA) is 72.2 Å². The van der Waals surface area contributed by atoms with Gasteiger partial charge in [-0.15, -0.1) is 17.9 Å². The molecule has 0 amide bonds. The van der Waals surface area contributed by atoms with Gasteiger partial charge in [0.2, 0.25) is 0 Å². The summed E-state index contributed by atoms with van der Waals surface area (Å²) >= 11 is 1.18. The predicted octanol–water partition coefficient (Wildman–Crippen LogP) is 2.47. The third-order valence-electron chi connectivity index (χ3n) is 2.78. The van der Waals surface area contributed by atoms with Gasteiger partial charge in [0.05, 0.1) is 10.9 Å². The minimum absolute atomic E-state index is 0.0191. The van der Waals surface area contributed by atoms with Gasteiger partial charge in [-0.2, -0.15) is 0 Å². The highest BCUT2D eigenvalue weighted by Gasteiger charge is 2.20. The van der Waals surface area contributed by atoms with Crippen LogP contribution in [-0.4, -0.2) is 20.6 Å². The van der Waals surface area contributed by atoms with Gasteiger partial charge in [-0.3, -0.25) is 9.36 Å². The summed E-state index contributed by atoms with van der Waals surface area (Å²) in [7, 11) is 0. The van der Waals surface area contributed by atoms with Crippen LogP contribution in [0.15, 0.2) is 22.8 Å². The Labute approximate surface area is 113 Å². The van der Waals surface area contributed by atoms with E-state index in [-0.39, 0.29) is 22.4 Å². The largest absolute Gasteiger partial charge is 0.478 e. The van der Waals surface area contributed by atoms with Crippen LogP contribution in [0.1, 0.15) is 35.9 Å². The van der Waals surface area contributed by atoms with Crippen molar-refractivity contribution in [3.63, 3.8) is 0 Å². The summed E-state index contributed by atoms with van der Waals surface area (Å²) in [4.78, 5) is 28.5. The van der Waals surface area contributed by atoms with Crippen molar-refractivity contribution in [2.24, 2.45) is 0 Å². The van der Waals surface area contributed by atoms with Gasteiger partial charge in [0.15, 0.2) is 0 Å². The molecule has 0 aromatic carbocycles. The first-order valence-corrected chi connectivity index (χ1v) is 6.71. The maximum Gasteiger partial charge on any atom is 0.337 e.